The zero-order valence-electron chi connectivity index (χ0n) is 10.7. The highest BCUT2D eigenvalue weighted by Crippen LogP contribution is 2.35. The van der Waals surface area contributed by atoms with Crippen LogP contribution in [0.1, 0.15) is 37.3 Å². The Morgan fingerprint density at radius 3 is 2.90 bits per heavy atom. The van der Waals surface area contributed by atoms with Crippen molar-refractivity contribution in [3.63, 3.8) is 0 Å². The molecule has 1 aromatic carbocycles. The molecule has 20 heavy (non-hydrogen) atoms. The van der Waals surface area contributed by atoms with Crippen molar-refractivity contribution < 1.29 is 0 Å². The van der Waals surface area contributed by atoms with Gasteiger partial charge in [-0.2, -0.15) is 5.26 Å². The minimum Gasteiger partial charge on any atom is -0.217 e. The summed E-state index contributed by atoms with van der Waals surface area (Å²) in [4.78, 5) is 0.786. The van der Waals surface area contributed by atoms with Gasteiger partial charge in [-0.25, -0.2) is 4.68 Å². The molecule has 102 valence electrons. The lowest BCUT2D eigenvalue weighted by molar-refractivity contribution is 0.423. The molecule has 7 heteroatoms. The van der Waals surface area contributed by atoms with Gasteiger partial charge in [-0.05, 0) is 53.2 Å². The SMILES string of the molecule is N#Cc1ccc(Cl)cc1Sc1nnnn1C1CCCC1. The molecule has 1 fully saturated rings. The molecule has 1 saturated carbocycles. The Bertz CT molecular complexity index is 657. The van der Waals surface area contributed by atoms with E-state index in [1.165, 1.54) is 24.6 Å². The summed E-state index contributed by atoms with van der Waals surface area (Å²) in [6, 6.07) is 7.74. The number of tetrazole rings is 1. The van der Waals surface area contributed by atoms with Gasteiger partial charge in [0, 0.05) is 9.92 Å². The van der Waals surface area contributed by atoms with Gasteiger partial charge < -0.3 is 0 Å². The molecule has 0 bridgehead atoms. The Balaban J connectivity index is 1.90. The summed E-state index contributed by atoms with van der Waals surface area (Å²) in [6.07, 6.45) is 4.66. The van der Waals surface area contributed by atoms with Crippen molar-refractivity contribution in [3.05, 3.63) is 28.8 Å². The summed E-state index contributed by atoms with van der Waals surface area (Å²) in [5.41, 5.74) is 0.584. The summed E-state index contributed by atoms with van der Waals surface area (Å²) in [7, 11) is 0. The Morgan fingerprint density at radius 1 is 1.35 bits per heavy atom. The van der Waals surface area contributed by atoms with Crippen LogP contribution in [0.25, 0.3) is 0 Å². The molecule has 0 radical (unpaired) electrons. The van der Waals surface area contributed by atoms with Crippen molar-refractivity contribution in [3.8, 4) is 6.07 Å². The second kappa shape index (κ2) is 5.81. The van der Waals surface area contributed by atoms with Crippen molar-refractivity contribution in [2.75, 3.05) is 0 Å². The van der Waals surface area contributed by atoms with Gasteiger partial charge in [-0.15, -0.1) is 5.10 Å². The third-order valence-electron chi connectivity index (χ3n) is 3.40. The standard InChI is InChI=1S/C13H12ClN5S/c14-10-6-5-9(8-15)12(7-10)20-13-16-17-18-19(13)11-3-1-2-4-11/h5-7,11H,1-4H2. The zero-order chi connectivity index (χ0) is 13.9. The lowest BCUT2D eigenvalue weighted by Crippen LogP contribution is -2.08. The first-order valence-electron chi connectivity index (χ1n) is 6.43. The van der Waals surface area contributed by atoms with Crippen LogP contribution >= 0.6 is 23.4 Å². The Morgan fingerprint density at radius 2 is 2.15 bits per heavy atom. The van der Waals surface area contributed by atoms with Crippen LogP contribution in [0.15, 0.2) is 28.3 Å². The molecule has 1 heterocycles. The minimum atomic E-state index is 0.372. The molecule has 0 spiro atoms. The van der Waals surface area contributed by atoms with Crippen LogP contribution in [0, 0.1) is 11.3 Å². The number of hydrogen-bond donors (Lipinski definition) is 0. The molecule has 1 aromatic heterocycles. The van der Waals surface area contributed by atoms with Crippen LogP contribution in [-0.2, 0) is 0 Å². The van der Waals surface area contributed by atoms with E-state index < -0.39 is 0 Å². The zero-order valence-corrected chi connectivity index (χ0v) is 12.2. The van der Waals surface area contributed by atoms with E-state index in [4.69, 9.17) is 16.9 Å². The molecular weight excluding hydrogens is 294 g/mol. The normalized spacial score (nSPS) is 15.4. The van der Waals surface area contributed by atoms with Crippen LogP contribution < -0.4 is 0 Å². The third kappa shape index (κ3) is 2.65. The van der Waals surface area contributed by atoms with Crippen molar-refractivity contribution >= 4 is 23.4 Å². The molecule has 2 aromatic rings. The van der Waals surface area contributed by atoms with E-state index in [-0.39, 0.29) is 0 Å². The van der Waals surface area contributed by atoms with Gasteiger partial charge in [0.05, 0.1) is 11.6 Å². The van der Waals surface area contributed by atoms with Gasteiger partial charge in [0.25, 0.3) is 0 Å². The topological polar surface area (TPSA) is 67.4 Å². The number of nitrogens with zero attached hydrogens (tertiary/aromatic N) is 5. The quantitative estimate of drug-likeness (QED) is 0.868. The first kappa shape index (κ1) is 13.4. The summed E-state index contributed by atoms with van der Waals surface area (Å²) in [6.45, 7) is 0. The molecular formula is C13H12ClN5S. The van der Waals surface area contributed by atoms with E-state index in [1.54, 1.807) is 18.2 Å². The average molecular weight is 306 g/mol. The number of nitriles is 1. The molecule has 1 aliphatic carbocycles. The minimum absolute atomic E-state index is 0.372. The average Bonchev–Trinajstić information content (AvgIpc) is 3.09. The van der Waals surface area contributed by atoms with Crippen molar-refractivity contribution in [1.82, 2.24) is 20.2 Å². The third-order valence-corrected chi connectivity index (χ3v) is 4.64. The number of rotatable bonds is 3. The number of hydrogen-bond acceptors (Lipinski definition) is 5. The monoisotopic (exact) mass is 305 g/mol. The summed E-state index contributed by atoms with van der Waals surface area (Å²) in [5.74, 6) is 0. The molecule has 5 nitrogen and oxygen atoms in total. The van der Waals surface area contributed by atoms with Gasteiger partial charge in [0.1, 0.15) is 6.07 Å². The maximum Gasteiger partial charge on any atom is 0.214 e. The van der Waals surface area contributed by atoms with Crippen molar-refractivity contribution in [1.29, 1.82) is 5.26 Å². The van der Waals surface area contributed by atoms with Crippen LogP contribution in [0.2, 0.25) is 5.02 Å². The second-order valence-electron chi connectivity index (χ2n) is 4.70. The van der Waals surface area contributed by atoms with E-state index in [2.05, 4.69) is 21.6 Å². The van der Waals surface area contributed by atoms with Gasteiger partial charge in [0.2, 0.25) is 5.16 Å². The van der Waals surface area contributed by atoms with E-state index >= 15 is 0 Å². The maximum atomic E-state index is 9.15. The highest BCUT2D eigenvalue weighted by molar-refractivity contribution is 7.99. The van der Waals surface area contributed by atoms with Gasteiger partial charge >= 0.3 is 0 Å². The van der Waals surface area contributed by atoms with Crippen LogP contribution in [-0.4, -0.2) is 20.2 Å². The number of benzene rings is 1. The largest absolute Gasteiger partial charge is 0.217 e. The maximum absolute atomic E-state index is 9.15. The first-order valence-corrected chi connectivity index (χ1v) is 7.63. The van der Waals surface area contributed by atoms with Crippen molar-refractivity contribution in [2.45, 2.75) is 41.8 Å². The number of halogens is 1. The molecule has 0 aliphatic heterocycles. The Hall–Kier alpha value is -1.58. The predicted molar refractivity (Wildman–Crippen MR) is 75.6 cm³/mol. The Kier molecular flexibility index (Phi) is 3.90. The van der Waals surface area contributed by atoms with Crippen LogP contribution in [0.4, 0.5) is 0 Å². The van der Waals surface area contributed by atoms with Crippen LogP contribution in [0.5, 0.6) is 0 Å². The molecule has 0 atom stereocenters. The molecule has 0 unspecified atom stereocenters. The predicted octanol–water partition coefficient (Wildman–Crippen LogP) is 3.46. The molecule has 3 rings (SSSR count). The fourth-order valence-electron chi connectivity index (χ4n) is 2.40. The summed E-state index contributed by atoms with van der Waals surface area (Å²) >= 11 is 7.39. The molecule has 0 N–H and O–H groups in total. The smallest absolute Gasteiger partial charge is 0.214 e. The first-order chi connectivity index (χ1) is 9.78. The second-order valence-corrected chi connectivity index (χ2v) is 6.14. The number of aromatic nitrogens is 4. The Labute approximate surface area is 125 Å². The lowest BCUT2D eigenvalue weighted by atomic mass is 10.2. The molecule has 0 amide bonds. The summed E-state index contributed by atoms with van der Waals surface area (Å²) in [5, 5.41) is 22.4. The van der Waals surface area contributed by atoms with Gasteiger partial charge in [-0.3, -0.25) is 0 Å². The van der Waals surface area contributed by atoms with E-state index in [1.807, 2.05) is 4.68 Å². The summed E-state index contributed by atoms with van der Waals surface area (Å²) < 4.78 is 1.87. The molecule has 0 saturated heterocycles. The highest BCUT2D eigenvalue weighted by atomic mass is 35.5. The molecule has 1 aliphatic rings. The van der Waals surface area contributed by atoms with Gasteiger partial charge in [0.15, 0.2) is 0 Å². The fraction of sp³-hybridized carbons (Fsp3) is 0.385. The highest BCUT2D eigenvalue weighted by Gasteiger charge is 2.22. The van der Waals surface area contributed by atoms with Gasteiger partial charge in [-0.1, -0.05) is 24.4 Å². The lowest BCUT2D eigenvalue weighted by Gasteiger charge is -2.11. The fourth-order valence-corrected chi connectivity index (χ4v) is 3.60. The van der Waals surface area contributed by atoms with Crippen molar-refractivity contribution in [2.24, 2.45) is 0 Å². The van der Waals surface area contributed by atoms with E-state index in [0.29, 0.717) is 16.6 Å². The van der Waals surface area contributed by atoms with Crippen LogP contribution in [0.3, 0.4) is 0 Å². The van der Waals surface area contributed by atoms with E-state index in [0.717, 1.165) is 22.9 Å². The van der Waals surface area contributed by atoms with E-state index in [9.17, 15) is 0 Å².